The number of hydrogen-bond acceptors (Lipinski definition) is 5. The summed E-state index contributed by atoms with van der Waals surface area (Å²) in [6.45, 7) is 6.25. The van der Waals surface area contributed by atoms with Gasteiger partial charge in [-0.15, -0.1) is 0 Å². The monoisotopic (exact) mass is 866 g/mol. The van der Waals surface area contributed by atoms with Gasteiger partial charge in [0.2, 0.25) is 0 Å². The third-order valence-electron chi connectivity index (χ3n) is 6.94. The van der Waals surface area contributed by atoms with E-state index in [0.717, 1.165) is 4.47 Å². The van der Waals surface area contributed by atoms with E-state index in [1.807, 2.05) is 54.6 Å². The molecule has 0 aliphatic heterocycles. The Kier molecular flexibility index (Phi) is 34.7. The summed E-state index contributed by atoms with van der Waals surface area (Å²) in [5, 5.41) is 31.0. The summed E-state index contributed by atoms with van der Waals surface area (Å²) < 4.78 is 0.859. The Labute approximate surface area is 414 Å². The van der Waals surface area contributed by atoms with Gasteiger partial charge < -0.3 is 24.9 Å². The third-order valence-corrected chi connectivity index (χ3v) is 9.92. The zero-order valence-corrected chi connectivity index (χ0v) is 42.0. The van der Waals surface area contributed by atoms with E-state index in [-0.39, 0.29) is 94.2 Å². The molecule has 10 heteroatoms. The Morgan fingerprint density at radius 2 is 0.596 bits per heavy atom. The number of carboxylic acids is 1. The first-order chi connectivity index (χ1) is 26.1. The average molecular weight is 868 g/mol. The standard InChI is InChI=1S/C18H15P.C7H5BrO2.3C7H8.CH2O3.3Na/c1-4-10-16(11-5-1)19(17-12-6-2-7-13-17)18-14-8-3-9-15-18;8-6-3-1-5(2-4-6)7(9)10;3*1-7-5-3-2-4-6-7;2-1(3)4;;;/h1-15H;1-4H,(H,9,10);3*2-6H,1H3;(H2,2,3,4);;;/q;;;;;;3*+1/p-3. The molecule has 0 aliphatic carbocycles. The van der Waals surface area contributed by atoms with Gasteiger partial charge in [-0.05, 0) is 68.5 Å². The van der Waals surface area contributed by atoms with Gasteiger partial charge in [0.15, 0.2) is 0 Å². The molecular weight excluding hydrogens is 824 g/mol. The molecule has 0 aliphatic rings. The van der Waals surface area contributed by atoms with E-state index in [4.69, 9.17) is 15.0 Å². The minimum atomic E-state index is -2.33. The van der Waals surface area contributed by atoms with Crippen LogP contribution in [0.3, 0.4) is 0 Å². The van der Waals surface area contributed by atoms with E-state index in [2.05, 4.69) is 164 Å². The Bertz CT molecular complexity index is 1810. The van der Waals surface area contributed by atoms with Crippen molar-refractivity contribution in [2.75, 3.05) is 0 Å². The zero-order valence-electron chi connectivity index (χ0n) is 33.5. The van der Waals surface area contributed by atoms with Crippen molar-refractivity contribution in [2.45, 2.75) is 20.8 Å². The number of rotatable bonds is 4. The zero-order chi connectivity index (χ0) is 39.4. The van der Waals surface area contributed by atoms with Crippen LogP contribution < -0.4 is 120 Å². The minimum Gasteiger partial charge on any atom is -0.652 e. The topological polar surface area (TPSA) is 103 Å². The Hall–Kier alpha value is -2.81. The van der Waals surface area contributed by atoms with Gasteiger partial charge in [0.25, 0.3) is 0 Å². The van der Waals surface area contributed by atoms with Crippen molar-refractivity contribution in [1.29, 1.82) is 0 Å². The Balaban J connectivity index is 0. The van der Waals surface area contributed by atoms with Crippen LogP contribution in [0.2, 0.25) is 0 Å². The Morgan fingerprint density at radius 3 is 0.772 bits per heavy atom. The van der Waals surface area contributed by atoms with Gasteiger partial charge in [0.1, 0.15) is 0 Å². The molecule has 0 saturated heterocycles. The maximum Gasteiger partial charge on any atom is 1.00 e. The molecule has 7 rings (SSSR count). The first-order valence-electron chi connectivity index (χ1n) is 16.9. The van der Waals surface area contributed by atoms with Crippen molar-refractivity contribution in [2.24, 2.45) is 0 Å². The second-order valence-electron chi connectivity index (χ2n) is 11.4. The van der Waals surface area contributed by atoms with Crippen molar-refractivity contribution < 1.29 is 114 Å². The number of halogens is 1. The Morgan fingerprint density at radius 1 is 0.386 bits per heavy atom. The summed E-state index contributed by atoms with van der Waals surface area (Å²) in [6, 6.07) is 69.4. The van der Waals surface area contributed by atoms with Gasteiger partial charge in [0, 0.05) is 4.47 Å². The van der Waals surface area contributed by atoms with Crippen LogP contribution in [0, 0.1) is 20.8 Å². The molecule has 0 bridgehead atoms. The number of carboxylic acid groups (broad SMARTS) is 3. The maximum absolute atomic E-state index is 10.2. The molecule has 7 aromatic carbocycles. The SMILES string of the molecule is Cc1ccccc1.Cc1ccccc1.Cc1ccccc1.O=C([O-])[O-].O=C([O-])c1ccc(Br)cc1.[Na+].[Na+].[Na+].c1ccc(P(c2ccccc2)c2ccccc2)cc1. The van der Waals surface area contributed by atoms with Gasteiger partial charge >= 0.3 is 88.7 Å². The molecule has 0 aromatic heterocycles. The van der Waals surface area contributed by atoms with Crippen LogP contribution in [0.1, 0.15) is 27.0 Å². The smallest absolute Gasteiger partial charge is 0.652 e. The summed E-state index contributed by atoms with van der Waals surface area (Å²) in [6.07, 6.45) is -2.33. The number of aryl methyl sites for hydroxylation is 3. The number of benzene rings is 7. The number of carbonyl (C=O) groups excluding carboxylic acids is 2. The van der Waals surface area contributed by atoms with Crippen molar-refractivity contribution in [3.05, 3.63) is 233 Å². The quantitative estimate of drug-likeness (QED) is 0.164. The molecule has 0 unspecified atom stereocenters. The molecule has 276 valence electrons. The van der Waals surface area contributed by atoms with Crippen LogP contribution in [0.5, 0.6) is 0 Å². The normalized spacial score (nSPS) is 8.79. The van der Waals surface area contributed by atoms with Gasteiger partial charge in [-0.2, -0.15) is 0 Å². The van der Waals surface area contributed by atoms with Gasteiger partial charge in [-0.25, -0.2) is 0 Å². The molecule has 0 heterocycles. The van der Waals surface area contributed by atoms with Crippen molar-refractivity contribution >= 4 is 51.9 Å². The maximum atomic E-state index is 10.2. The number of aromatic carboxylic acids is 1. The molecule has 0 fully saturated rings. The fourth-order valence-electron chi connectivity index (χ4n) is 4.37. The molecule has 5 nitrogen and oxygen atoms in total. The van der Waals surface area contributed by atoms with Crippen LogP contribution in [0.15, 0.2) is 211 Å². The largest absolute Gasteiger partial charge is 1.00 e. The molecule has 0 atom stereocenters. The molecule has 7 aromatic rings. The fraction of sp³-hybridized carbons (Fsp3) is 0.0638. The molecule has 0 N–H and O–H groups in total. The summed E-state index contributed by atoms with van der Waals surface area (Å²) >= 11 is 3.18. The van der Waals surface area contributed by atoms with Gasteiger partial charge in [-0.3, -0.25) is 0 Å². The average Bonchev–Trinajstić information content (AvgIpc) is 3.18. The molecule has 0 amide bonds. The molecule has 0 radical (unpaired) electrons. The van der Waals surface area contributed by atoms with Crippen molar-refractivity contribution in [3.8, 4) is 0 Å². The predicted octanol–water partition coefficient (Wildman–Crippen LogP) is -1.19. The summed E-state index contributed by atoms with van der Waals surface area (Å²) in [4.78, 5) is 18.5. The minimum absolute atomic E-state index is 0. The number of carbonyl (C=O) groups is 2. The fourth-order valence-corrected chi connectivity index (χ4v) is 6.94. The molecular formula is C47H43BrNa3O5P. The molecule has 0 spiro atoms. The second kappa shape index (κ2) is 35.2. The van der Waals surface area contributed by atoms with Crippen molar-refractivity contribution in [3.63, 3.8) is 0 Å². The first kappa shape index (κ1) is 56.3. The summed E-state index contributed by atoms with van der Waals surface area (Å²) in [5.41, 5.74) is 4.16. The number of hydrogen-bond donors (Lipinski definition) is 0. The van der Waals surface area contributed by atoms with E-state index >= 15 is 0 Å². The van der Waals surface area contributed by atoms with E-state index in [1.54, 1.807) is 12.1 Å². The van der Waals surface area contributed by atoms with Crippen LogP contribution in [-0.2, 0) is 0 Å². The summed E-state index contributed by atoms with van der Waals surface area (Å²) in [7, 11) is -0.446. The van der Waals surface area contributed by atoms with E-state index in [1.165, 1.54) is 44.7 Å². The van der Waals surface area contributed by atoms with E-state index in [0.29, 0.717) is 0 Å². The summed E-state index contributed by atoms with van der Waals surface area (Å²) in [5.74, 6) is -1.15. The predicted molar refractivity (Wildman–Crippen MR) is 223 cm³/mol. The third kappa shape index (κ3) is 27.5. The van der Waals surface area contributed by atoms with Crippen LogP contribution >= 0.6 is 23.9 Å². The molecule has 57 heavy (non-hydrogen) atoms. The van der Waals surface area contributed by atoms with Gasteiger partial charge in [0.05, 0.1) is 5.97 Å². The van der Waals surface area contributed by atoms with E-state index < -0.39 is 20.0 Å². The van der Waals surface area contributed by atoms with E-state index in [9.17, 15) is 9.90 Å². The first-order valence-corrected chi connectivity index (χ1v) is 19.1. The van der Waals surface area contributed by atoms with Crippen LogP contribution in [-0.4, -0.2) is 12.1 Å². The molecule has 0 saturated carbocycles. The van der Waals surface area contributed by atoms with Crippen LogP contribution in [0.25, 0.3) is 0 Å². The van der Waals surface area contributed by atoms with Crippen LogP contribution in [0.4, 0.5) is 4.79 Å². The van der Waals surface area contributed by atoms with Crippen molar-refractivity contribution in [1.82, 2.24) is 0 Å². The second-order valence-corrected chi connectivity index (χ2v) is 14.5. The van der Waals surface area contributed by atoms with Gasteiger partial charge in [-0.1, -0.05) is 227 Å².